The Labute approximate surface area is 181 Å². The summed E-state index contributed by atoms with van der Waals surface area (Å²) in [6.45, 7) is 5.88. The molecule has 1 aliphatic heterocycles. The van der Waals surface area contributed by atoms with Gasteiger partial charge in [0.25, 0.3) is 0 Å². The highest BCUT2D eigenvalue weighted by atomic mass is 32.2. The van der Waals surface area contributed by atoms with Crippen LogP contribution in [0.1, 0.15) is 16.7 Å². The fraction of sp³-hybridized carbons (Fsp3) is 0.318. The van der Waals surface area contributed by atoms with Crippen molar-refractivity contribution in [1.82, 2.24) is 5.32 Å². The van der Waals surface area contributed by atoms with E-state index in [1.807, 2.05) is 43.8 Å². The summed E-state index contributed by atoms with van der Waals surface area (Å²) in [5.74, 6) is 0.960. The van der Waals surface area contributed by atoms with E-state index >= 15 is 0 Å². The van der Waals surface area contributed by atoms with Crippen LogP contribution in [-0.4, -0.2) is 38.3 Å². The third-order valence-corrected chi connectivity index (χ3v) is 8.79. The number of nitriles is 1. The normalized spacial score (nSPS) is 17.3. The van der Waals surface area contributed by atoms with Crippen LogP contribution in [0.3, 0.4) is 0 Å². The first-order valence-corrected chi connectivity index (χ1v) is 12.9. The number of aryl methyl sites for hydroxylation is 2. The fourth-order valence-corrected chi connectivity index (χ4v) is 6.73. The second-order valence-corrected chi connectivity index (χ2v) is 11.4. The maximum Gasteiger partial charge on any atom is 0.183 e. The molecule has 2 aromatic rings. The summed E-state index contributed by atoms with van der Waals surface area (Å²) in [5.41, 5.74) is 2.57. The molecular formula is C22H24N2O2S3. The summed E-state index contributed by atoms with van der Waals surface area (Å²) in [7, 11) is -3.56. The van der Waals surface area contributed by atoms with E-state index in [4.69, 9.17) is 0 Å². The second-order valence-electron chi connectivity index (χ2n) is 6.97. The number of nitrogens with zero attached hydrogens (tertiary/aromatic N) is 1. The summed E-state index contributed by atoms with van der Waals surface area (Å²) in [4.78, 5) is 1.90. The van der Waals surface area contributed by atoms with Gasteiger partial charge in [0.15, 0.2) is 9.84 Å². The molecule has 1 saturated heterocycles. The summed E-state index contributed by atoms with van der Waals surface area (Å²) in [6, 6.07) is 13.1. The van der Waals surface area contributed by atoms with Gasteiger partial charge < -0.3 is 5.32 Å². The molecule has 1 aliphatic rings. The van der Waals surface area contributed by atoms with Crippen LogP contribution in [0.25, 0.3) is 0 Å². The Kier molecular flexibility index (Phi) is 7.47. The van der Waals surface area contributed by atoms with Crippen molar-refractivity contribution >= 4 is 33.4 Å². The molecular weight excluding hydrogens is 420 g/mol. The van der Waals surface area contributed by atoms with Gasteiger partial charge in [-0.2, -0.15) is 17.0 Å². The van der Waals surface area contributed by atoms with Crippen molar-refractivity contribution in [2.75, 3.05) is 24.6 Å². The standard InChI is InChI=1S/C22H24N2O2S3/c1-16-5-6-17(2)21(12-16)28-20-8-7-18(14-23)13-22(20)29(25,26)11-3-4-19-15-24-9-10-27-19/h3-8,12-13,19,24H,9-11,15H2,1-2H3. The van der Waals surface area contributed by atoms with Gasteiger partial charge in [0, 0.05) is 33.9 Å². The van der Waals surface area contributed by atoms with Crippen molar-refractivity contribution in [1.29, 1.82) is 5.26 Å². The van der Waals surface area contributed by atoms with Crippen molar-refractivity contribution in [2.45, 2.75) is 33.8 Å². The summed E-state index contributed by atoms with van der Waals surface area (Å²) >= 11 is 3.27. The van der Waals surface area contributed by atoms with E-state index < -0.39 is 9.84 Å². The molecule has 7 heteroatoms. The van der Waals surface area contributed by atoms with Gasteiger partial charge >= 0.3 is 0 Å². The van der Waals surface area contributed by atoms with Crippen LogP contribution in [0.15, 0.2) is 63.2 Å². The lowest BCUT2D eigenvalue weighted by Crippen LogP contribution is -2.31. The Morgan fingerprint density at radius 2 is 2.07 bits per heavy atom. The van der Waals surface area contributed by atoms with Crippen molar-refractivity contribution < 1.29 is 8.42 Å². The maximum atomic E-state index is 13.1. The lowest BCUT2D eigenvalue weighted by Gasteiger charge is -2.19. The minimum atomic E-state index is -3.56. The van der Waals surface area contributed by atoms with Crippen molar-refractivity contribution in [3.63, 3.8) is 0 Å². The molecule has 0 saturated carbocycles. The number of rotatable bonds is 6. The molecule has 0 radical (unpaired) electrons. The largest absolute Gasteiger partial charge is 0.314 e. The lowest BCUT2D eigenvalue weighted by molar-refractivity contribution is 0.597. The molecule has 1 heterocycles. The zero-order valence-electron chi connectivity index (χ0n) is 16.5. The minimum Gasteiger partial charge on any atom is -0.314 e. The van der Waals surface area contributed by atoms with Crippen LogP contribution in [0.2, 0.25) is 0 Å². The molecule has 29 heavy (non-hydrogen) atoms. The highest BCUT2D eigenvalue weighted by molar-refractivity contribution is 8.00. The third kappa shape index (κ3) is 5.89. The van der Waals surface area contributed by atoms with Gasteiger partial charge in [-0.15, -0.1) is 0 Å². The Hall–Kier alpha value is -1.72. The monoisotopic (exact) mass is 444 g/mol. The minimum absolute atomic E-state index is 0.0701. The van der Waals surface area contributed by atoms with Crippen LogP contribution < -0.4 is 5.32 Å². The molecule has 0 aromatic heterocycles. The summed E-state index contributed by atoms with van der Waals surface area (Å²) < 4.78 is 26.2. The number of nitrogens with one attached hydrogen (secondary N) is 1. The van der Waals surface area contributed by atoms with E-state index in [0.717, 1.165) is 34.9 Å². The smallest absolute Gasteiger partial charge is 0.183 e. The molecule has 1 N–H and O–H groups in total. The SMILES string of the molecule is Cc1ccc(C)c(Sc2ccc(C#N)cc2S(=O)(=O)CC=CC2CNCCS2)c1. The Morgan fingerprint density at radius 3 is 2.79 bits per heavy atom. The Morgan fingerprint density at radius 1 is 1.24 bits per heavy atom. The van der Waals surface area contributed by atoms with Crippen LogP contribution in [0.5, 0.6) is 0 Å². The van der Waals surface area contributed by atoms with E-state index in [0.29, 0.717) is 15.7 Å². The van der Waals surface area contributed by atoms with Crippen LogP contribution in [0.4, 0.5) is 0 Å². The predicted molar refractivity (Wildman–Crippen MR) is 122 cm³/mol. The van der Waals surface area contributed by atoms with Gasteiger partial charge in [0.1, 0.15) is 0 Å². The zero-order valence-corrected chi connectivity index (χ0v) is 19.0. The molecule has 0 aliphatic carbocycles. The molecule has 152 valence electrons. The van der Waals surface area contributed by atoms with E-state index in [9.17, 15) is 13.7 Å². The molecule has 2 aromatic carbocycles. The van der Waals surface area contributed by atoms with Crippen molar-refractivity contribution in [3.8, 4) is 6.07 Å². The molecule has 3 rings (SSSR count). The molecule has 0 bridgehead atoms. The Balaban J connectivity index is 1.88. The summed E-state index contributed by atoms with van der Waals surface area (Å²) in [5, 5.41) is 12.9. The topological polar surface area (TPSA) is 70.0 Å². The van der Waals surface area contributed by atoms with Gasteiger partial charge in [-0.05, 0) is 49.2 Å². The van der Waals surface area contributed by atoms with Gasteiger partial charge in [0.05, 0.1) is 22.3 Å². The average Bonchev–Trinajstić information content (AvgIpc) is 2.71. The van der Waals surface area contributed by atoms with Gasteiger partial charge in [0.2, 0.25) is 0 Å². The molecule has 4 nitrogen and oxygen atoms in total. The van der Waals surface area contributed by atoms with Crippen LogP contribution in [0, 0.1) is 25.2 Å². The first-order valence-electron chi connectivity index (χ1n) is 9.40. The zero-order chi connectivity index (χ0) is 20.9. The van der Waals surface area contributed by atoms with Crippen LogP contribution in [-0.2, 0) is 9.84 Å². The van der Waals surface area contributed by atoms with Crippen LogP contribution >= 0.6 is 23.5 Å². The highest BCUT2D eigenvalue weighted by Gasteiger charge is 2.20. The molecule has 0 spiro atoms. The van der Waals surface area contributed by atoms with E-state index in [2.05, 4.69) is 17.5 Å². The van der Waals surface area contributed by atoms with E-state index in [-0.39, 0.29) is 10.6 Å². The first kappa shape index (κ1) is 22.0. The number of thioether (sulfide) groups is 1. The van der Waals surface area contributed by atoms with E-state index in [1.54, 1.807) is 18.2 Å². The van der Waals surface area contributed by atoms with Gasteiger partial charge in [-0.1, -0.05) is 36.0 Å². The average molecular weight is 445 g/mol. The maximum absolute atomic E-state index is 13.1. The molecule has 1 fully saturated rings. The van der Waals surface area contributed by atoms with Crippen molar-refractivity contribution in [2.24, 2.45) is 0 Å². The number of sulfone groups is 1. The number of hydrogen-bond donors (Lipinski definition) is 1. The second kappa shape index (κ2) is 9.86. The van der Waals surface area contributed by atoms with Gasteiger partial charge in [-0.3, -0.25) is 0 Å². The molecule has 1 unspecified atom stereocenters. The predicted octanol–water partition coefficient (Wildman–Crippen LogP) is 4.36. The quantitative estimate of drug-likeness (QED) is 0.668. The Bertz CT molecular complexity index is 1050. The molecule has 0 amide bonds. The summed E-state index contributed by atoms with van der Waals surface area (Å²) in [6.07, 6.45) is 3.71. The number of benzene rings is 2. The van der Waals surface area contributed by atoms with E-state index in [1.165, 1.54) is 17.8 Å². The first-order chi connectivity index (χ1) is 13.9. The number of hydrogen-bond acceptors (Lipinski definition) is 6. The lowest BCUT2D eigenvalue weighted by atomic mass is 10.2. The molecule has 1 atom stereocenters. The third-order valence-electron chi connectivity index (χ3n) is 4.59. The highest BCUT2D eigenvalue weighted by Crippen LogP contribution is 2.36. The fourth-order valence-electron chi connectivity index (χ4n) is 2.97. The van der Waals surface area contributed by atoms with Crippen molar-refractivity contribution in [3.05, 3.63) is 65.2 Å². The van der Waals surface area contributed by atoms with Gasteiger partial charge in [-0.25, -0.2) is 8.42 Å².